The maximum atomic E-state index is 5.34. The monoisotopic (exact) mass is 458 g/mol. The average Bonchev–Trinajstić information content (AvgIpc) is 2.87. The van der Waals surface area contributed by atoms with Gasteiger partial charge in [0.15, 0.2) is 11.4 Å². The lowest BCUT2D eigenvalue weighted by Crippen LogP contribution is -2.71. The van der Waals surface area contributed by atoms with Gasteiger partial charge in [0.1, 0.15) is 0 Å². The van der Waals surface area contributed by atoms with Crippen LogP contribution in [-0.4, -0.2) is 29.4 Å². The van der Waals surface area contributed by atoms with Gasteiger partial charge in [0, 0.05) is 63.9 Å². The summed E-state index contributed by atoms with van der Waals surface area (Å²) in [7, 11) is 4.33. The zero-order valence-corrected chi connectivity index (χ0v) is 20.1. The predicted molar refractivity (Wildman–Crippen MR) is 137 cm³/mol. The highest BCUT2D eigenvalue weighted by Crippen LogP contribution is 2.53. The highest BCUT2D eigenvalue weighted by molar-refractivity contribution is 5.77. The van der Waals surface area contributed by atoms with E-state index in [1.54, 1.807) is 0 Å². The molecule has 2 bridgehead atoms. The van der Waals surface area contributed by atoms with E-state index in [0.717, 1.165) is 40.5 Å². The number of aryl methyl sites for hydroxylation is 1. The van der Waals surface area contributed by atoms with Crippen molar-refractivity contribution in [3.63, 3.8) is 0 Å². The van der Waals surface area contributed by atoms with Crippen LogP contribution in [-0.2, 0) is 6.42 Å². The molecule has 1 spiro atoms. The second-order valence-corrected chi connectivity index (χ2v) is 9.41. The minimum absolute atomic E-state index is 0.817. The Morgan fingerprint density at radius 3 is 2.11 bits per heavy atom. The van der Waals surface area contributed by atoms with Gasteiger partial charge in [0.2, 0.25) is 11.4 Å². The van der Waals surface area contributed by atoms with Crippen LogP contribution in [0.5, 0.6) is 0 Å². The van der Waals surface area contributed by atoms with E-state index in [1.165, 1.54) is 16.7 Å². The van der Waals surface area contributed by atoms with Crippen molar-refractivity contribution in [2.24, 2.45) is 10.2 Å². The Labute approximate surface area is 204 Å². The molecule has 0 radical (unpaired) electrons. The molecule has 7 rings (SSSR count). The quantitative estimate of drug-likeness (QED) is 0.289. The number of hydrogen-bond donors (Lipinski definition) is 0. The van der Waals surface area contributed by atoms with Crippen LogP contribution in [0.15, 0.2) is 101 Å². The number of fused-ring (bicyclic) bond motifs is 3. The number of azo groups is 4. The molecule has 0 aromatic heterocycles. The second-order valence-electron chi connectivity index (χ2n) is 9.41. The van der Waals surface area contributed by atoms with E-state index < -0.39 is 5.91 Å². The molecule has 4 aromatic carbocycles. The number of hydrogen-bond acceptors (Lipinski definition) is 4. The fraction of sp³-hybridized carbons (Fsp3) is 0.172. The van der Waals surface area contributed by atoms with Crippen LogP contribution in [0, 0.1) is 6.92 Å². The molecule has 0 fully saturated rings. The van der Waals surface area contributed by atoms with E-state index in [4.69, 9.17) is 10.2 Å². The van der Waals surface area contributed by atoms with Crippen molar-refractivity contribution in [1.82, 2.24) is 0 Å². The lowest BCUT2D eigenvalue weighted by molar-refractivity contribution is -0.815. The number of benzene rings is 4. The Balaban J connectivity index is 1.69. The molecule has 35 heavy (non-hydrogen) atoms. The standard InChI is InChI=1S/C29H26N6/c1-20-11-9-16-24-27(20)32(2)29-33(3)28-22(19-21-12-7-8-18-26(21)35(29)31-24)13-10-17-25(28)30-34(29)23-14-5-4-6-15-23/h4-18H,19H2,1-3H3/q+2. The minimum atomic E-state index is -0.875. The molecular formula is C29H26N6+2. The third-order valence-corrected chi connectivity index (χ3v) is 7.47. The zero-order valence-electron chi connectivity index (χ0n) is 20.1. The lowest BCUT2D eigenvalue weighted by atomic mass is 9.96. The van der Waals surface area contributed by atoms with Crippen LogP contribution in [0.25, 0.3) is 0 Å². The number of anilines is 2. The van der Waals surface area contributed by atoms with E-state index in [-0.39, 0.29) is 0 Å². The normalized spacial score (nSPS) is 19.5. The van der Waals surface area contributed by atoms with Crippen LogP contribution in [0.1, 0.15) is 16.7 Å². The van der Waals surface area contributed by atoms with Crippen molar-refractivity contribution in [2.45, 2.75) is 19.3 Å². The van der Waals surface area contributed by atoms with E-state index in [1.807, 2.05) is 6.07 Å². The molecule has 6 nitrogen and oxygen atoms in total. The van der Waals surface area contributed by atoms with E-state index in [0.29, 0.717) is 0 Å². The number of nitrogens with zero attached hydrogens (tertiary/aromatic N) is 6. The molecule has 4 aromatic rings. The molecular weight excluding hydrogens is 432 g/mol. The SMILES string of the molecule is Cc1cccc2c1N(C)C13N(C)c4c(cccc4N=[N+]1c1ccccc1)Cc1ccccc1[N+]3=N2. The van der Waals surface area contributed by atoms with Crippen molar-refractivity contribution in [2.75, 3.05) is 23.9 Å². The molecule has 1 unspecified atom stereocenters. The summed E-state index contributed by atoms with van der Waals surface area (Å²) < 4.78 is 4.29. The third-order valence-electron chi connectivity index (χ3n) is 7.47. The number of rotatable bonds is 1. The van der Waals surface area contributed by atoms with Gasteiger partial charge in [-0.25, -0.2) is 9.80 Å². The van der Waals surface area contributed by atoms with Crippen molar-refractivity contribution in [1.29, 1.82) is 0 Å². The predicted octanol–water partition coefficient (Wildman–Crippen LogP) is 6.97. The first-order valence-corrected chi connectivity index (χ1v) is 12.0. The molecule has 1 atom stereocenters. The third kappa shape index (κ3) is 2.54. The first-order chi connectivity index (χ1) is 17.1. The van der Waals surface area contributed by atoms with Gasteiger partial charge < -0.3 is 0 Å². The van der Waals surface area contributed by atoms with Crippen LogP contribution in [0.4, 0.5) is 34.1 Å². The Hall–Kier alpha value is -4.32. The Bertz CT molecular complexity index is 1570. The molecule has 6 heteroatoms. The van der Waals surface area contributed by atoms with Crippen LogP contribution < -0.4 is 9.80 Å². The van der Waals surface area contributed by atoms with E-state index in [9.17, 15) is 0 Å². The van der Waals surface area contributed by atoms with Gasteiger partial charge in [0.25, 0.3) is 0 Å². The lowest BCUT2D eigenvalue weighted by Gasteiger charge is -2.43. The smallest absolute Gasteiger partial charge is 0.227 e. The molecule has 0 N–H and O–H groups in total. The summed E-state index contributed by atoms with van der Waals surface area (Å²) in [6.07, 6.45) is 0.817. The van der Waals surface area contributed by atoms with Crippen molar-refractivity contribution in [3.05, 3.63) is 108 Å². The maximum absolute atomic E-state index is 5.34. The summed E-state index contributed by atoms with van der Waals surface area (Å²) >= 11 is 0. The van der Waals surface area contributed by atoms with Crippen molar-refractivity contribution < 1.29 is 9.39 Å². The van der Waals surface area contributed by atoms with E-state index in [2.05, 4.69) is 125 Å². The molecule has 3 aliphatic heterocycles. The fourth-order valence-electron chi connectivity index (χ4n) is 5.97. The summed E-state index contributed by atoms with van der Waals surface area (Å²) in [5, 5.41) is 10.7. The first-order valence-electron chi connectivity index (χ1n) is 12.0. The van der Waals surface area contributed by atoms with Gasteiger partial charge in [0.05, 0.1) is 11.4 Å². The van der Waals surface area contributed by atoms with Gasteiger partial charge in [-0.1, -0.05) is 60.7 Å². The highest BCUT2D eigenvalue weighted by atomic mass is 15.7. The molecule has 170 valence electrons. The summed E-state index contributed by atoms with van der Waals surface area (Å²) in [5.41, 5.74) is 9.91. The van der Waals surface area contributed by atoms with Gasteiger partial charge >= 0.3 is 5.91 Å². The van der Waals surface area contributed by atoms with Crippen molar-refractivity contribution >= 4 is 34.1 Å². The second kappa shape index (κ2) is 7.09. The molecule has 3 heterocycles. The van der Waals surface area contributed by atoms with Gasteiger partial charge in [-0.3, -0.25) is 0 Å². The zero-order chi connectivity index (χ0) is 23.7. The van der Waals surface area contributed by atoms with Gasteiger partial charge in [-0.2, -0.15) is 0 Å². The minimum Gasteiger partial charge on any atom is -0.227 e. The summed E-state index contributed by atoms with van der Waals surface area (Å²) in [4.78, 5) is 4.69. The van der Waals surface area contributed by atoms with Crippen molar-refractivity contribution in [3.8, 4) is 0 Å². The topological polar surface area (TPSA) is 37.2 Å². The van der Waals surface area contributed by atoms with Crippen LogP contribution >= 0.6 is 0 Å². The largest absolute Gasteiger partial charge is 0.590 e. The van der Waals surface area contributed by atoms with Gasteiger partial charge in [-0.15, -0.1) is 0 Å². The summed E-state index contributed by atoms with van der Waals surface area (Å²) in [6, 6.07) is 31.8. The Morgan fingerprint density at radius 1 is 0.657 bits per heavy atom. The molecule has 0 saturated carbocycles. The molecule has 0 saturated heterocycles. The molecule has 0 amide bonds. The fourth-order valence-corrected chi connectivity index (χ4v) is 5.97. The molecule has 3 aliphatic rings. The first kappa shape index (κ1) is 20.1. The Kier molecular flexibility index (Phi) is 4.07. The number of para-hydroxylation sites is 4. The van der Waals surface area contributed by atoms with Crippen LogP contribution in [0.2, 0.25) is 0 Å². The summed E-state index contributed by atoms with van der Waals surface area (Å²) in [6.45, 7) is 2.15. The van der Waals surface area contributed by atoms with E-state index >= 15 is 0 Å². The van der Waals surface area contributed by atoms with Crippen LogP contribution in [0.3, 0.4) is 0 Å². The maximum Gasteiger partial charge on any atom is 0.590 e. The highest BCUT2D eigenvalue weighted by Gasteiger charge is 2.71. The average molecular weight is 459 g/mol. The Morgan fingerprint density at radius 2 is 1.29 bits per heavy atom. The molecule has 0 aliphatic carbocycles. The van der Waals surface area contributed by atoms with Gasteiger partial charge in [-0.05, 0) is 30.2 Å². The summed E-state index contributed by atoms with van der Waals surface area (Å²) in [5.74, 6) is -0.875.